The number of para-hydroxylation sites is 1. The molecule has 3 aromatic rings. The molecule has 0 saturated heterocycles. The van der Waals surface area contributed by atoms with Gasteiger partial charge in [-0.05, 0) is 36.4 Å². The molecule has 8 heteroatoms. The van der Waals surface area contributed by atoms with Crippen molar-refractivity contribution in [2.75, 3.05) is 7.11 Å². The van der Waals surface area contributed by atoms with Crippen LogP contribution in [0.3, 0.4) is 0 Å². The fourth-order valence-electron chi connectivity index (χ4n) is 2.18. The van der Waals surface area contributed by atoms with Crippen LogP contribution in [0.4, 0.5) is 0 Å². The van der Waals surface area contributed by atoms with Crippen LogP contribution in [0.2, 0.25) is 0 Å². The van der Waals surface area contributed by atoms with Crippen molar-refractivity contribution < 1.29 is 17.9 Å². The van der Waals surface area contributed by atoms with Gasteiger partial charge in [0.05, 0.1) is 17.5 Å². The molecule has 0 fully saturated rings. The van der Waals surface area contributed by atoms with E-state index in [9.17, 15) is 13.2 Å². The number of amides is 1. The van der Waals surface area contributed by atoms with Gasteiger partial charge < -0.3 is 4.74 Å². The quantitative estimate of drug-likeness (QED) is 0.680. The van der Waals surface area contributed by atoms with Gasteiger partial charge in [0.2, 0.25) is 0 Å². The number of carbonyl (C=O) groups is 1. The third-order valence-electron chi connectivity index (χ3n) is 3.50. The summed E-state index contributed by atoms with van der Waals surface area (Å²) in [6.07, 6.45) is 0. The molecule has 0 radical (unpaired) electrons. The fourth-order valence-corrected chi connectivity index (χ4v) is 3.02. The van der Waals surface area contributed by atoms with Gasteiger partial charge in [-0.1, -0.05) is 24.3 Å². The van der Waals surface area contributed by atoms with Gasteiger partial charge in [0.1, 0.15) is 11.4 Å². The molecule has 0 unspecified atom stereocenters. The first-order chi connectivity index (χ1) is 12.0. The number of nitrogens with zero attached hydrogens (tertiary/aromatic N) is 1. The molecule has 1 aromatic heterocycles. The number of hydrogen-bond donors (Lipinski definition) is 2. The summed E-state index contributed by atoms with van der Waals surface area (Å²) >= 11 is 0. The number of pyridine rings is 1. The lowest BCUT2D eigenvalue weighted by Crippen LogP contribution is -2.41. The SMILES string of the molecule is COc1ccc(S(=O)(=O)NNC(=O)c2ccc3ccccc3n2)cc1. The number of ether oxygens (including phenoxy) is 1. The molecule has 0 atom stereocenters. The van der Waals surface area contributed by atoms with Crippen molar-refractivity contribution in [1.82, 2.24) is 15.2 Å². The number of aromatic nitrogens is 1. The zero-order valence-corrected chi connectivity index (χ0v) is 14.1. The average molecular weight is 357 g/mol. The first-order valence-corrected chi connectivity index (χ1v) is 8.80. The fraction of sp³-hybridized carbons (Fsp3) is 0.0588. The maximum Gasteiger partial charge on any atom is 0.284 e. The predicted molar refractivity (Wildman–Crippen MR) is 92.5 cm³/mol. The van der Waals surface area contributed by atoms with Crippen LogP contribution in [0.1, 0.15) is 10.5 Å². The van der Waals surface area contributed by atoms with E-state index in [2.05, 4.69) is 15.2 Å². The van der Waals surface area contributed by atoms with Crippen LogP contribution in [-0.2, 0) is 10.0 Å². The predicted octanol–water partition coefficient (Wildman–Crippen LogP) is 1.87. The Bertz CT molecular complexity index is 1020. The van der Waals surface area contributed by atoms with E-state index in [0.717, 1.165) is 5.39 Å². The summed E-state index contributed by atoms with van der Waals surface area (Å²) in [6.45, 7) is 0. The lowest BCUT2D eigenvalue weighted by atomic mass is 10.2. The summed E-state index contributed by atoms with van der Waals surface area (Å²) in [6, 6.07) is 16.4. The molecule has 7 nitrogen and oxygen atoms in total. The number of sulfonamides is 1. The Kier molecular flexibility index (Phi) is 4.64. The molecule has 3 rings (SSSR count). The number of rotatable bonds is 5. The number of hydrogen-bond acceptors (Lipinski definition) is 5. The van der Waals surface area contributed by atoms with Gasteiger partial charge in [-0.3, -0.25) is 10.2 Å². The van der Waals surface area contributed by atoms with E-state index in [-0.39, 0.29) is 10.6 Å². The van der Waals surface area contributed by atoms with Crippen molar-refractivity contribution in [2.24, 2.45) is 0 Å². The Labute approximate surface area is 144 Å². The highest BCUT2D eigenvalue weighted by Crippen LogP contribution is 2.15. The Morgan fingerprint density at radius 2 is 1.72 bits per heavy atom. The van der Waals surface area contributed by atoms with Crippen LogP contribution >= 0.6 is 0 Å². The van der Waals surface area contributed by atoms with Gasteiger partial charge in [0, 0.05) is 5.39 Å². The van der Waals surface area contributed by atoms with E-state index >= 15 is 0 Å². The number of benzene rings is 2. The molecule has 1 heterocycles. The minimum Gasteiger partial charge on any atom is -0.497 e. The summed E-state index contributed by atoms with van der Waals surface area (Å²) in [7, 11) is -2.41. The maximum atomic E-state index is 12.2. The van der Waals surface area contributed by atoms with Gasteiger partial charge >= 0.3 is 0 Å². The second kappa shape index (κ2) is 6.88. The lowest BCUT2D eigenvalue weighted by Gasteiger charge is -2.09. The summed E-state index contributed by atoms with van der Waals surface area (Å²) < 4.78 is 29.4. The Morgan fingerprint density at radius 1 is 1.00 bits per heavy atom. The Morgan fingerprint density at radius 3 is 2.44 bits per heavy atom. The highest BCUT2D eigenvalue weighted by Gasteiger charge is 2.16. The first-order valence-electron chi connectivity index (χ1n) is 7.31. The van der Waals surface area contributed by atoms with E-state index in [4.69, 9.17) is 4.74 Å². The van der Waals surface area contributed by atoms with E-state index < -0.39 is 15.9 Å². The Balaban J connectivity index is 1.73. The molecule has 0 aliphatic heterocycles. The molecule has 2 N–H and O–H groups in total. The van der Waals surface area contributed by atoms with Crippen molar-refractivity contribution in [3.63, 3.8) is 0 Å². The van der Waals surface area contributed by atoms with Gasteiger partial charge in [-0.15, -0.1) is 4.83 Å². The highest BCUT2D eigenvalue weighted by molar-refractivity contribution is 7.89. The van der Waals surface area contributed by atoms with Crippen molar-refractivity contribution >= 4 is 26.8 Å². The van der Waals surface area contributed by atoms with E-state index in [1.54, 1.807) is 12.1 Å². The molecule has 0 aliphatic carbocycles. The number of nitrogens with one attached hydrogen (secondary N) is 2. The normalized spacial score (nSPS) is 11.2. The van der Waals surface area contributed by atoms with Gasteiger partial charge in [-0.2, -0.15) is 0 Å². The van der Waals surface area contributed by atoms with E-state index in [1.807, 2.05) is 18.2 Å². The highest BCUT2D eigenvalue weighted by atomic mass is 32.2. The molecule has 128 valence electrons. The molecule has 0 spiro atoms. The monoisotopic (exact) mass is 357 g/mol. The van der Waals surface area contributed by atoms with Crippen LogP contribution in [0.25, 0.3) is 10.9 Å². The van der Waals surface area contributed by atoms with Crippen molar-refractivity contribution in [2.45, 2.75) is 4.90 Å². The number of fused-ring (bicyclic) bond motifs is 1. The summed E-state index contributed by atoms with van der Waals surface area (Å²) in [4.78, 5) is 18.4. The summed E-state index contributed by atoms with van der Waals surface area (Å²) in [5.41, 5.74) is 2.91. The number of hydrazine groups is 1. The zero-order valence-electron chi connectivity index (χ0n) is 13.3. The van der Waals surface area contributed by atoms with Crippen LogP contribution in [-0.4, -0.2) is 26.4 Å². The third kappa shape index (κ3) is 3.76. The topological polar surface area (TPSA) is 97.4 Å². The first kappa shape index (κ1) is 16.9. The average Bonchev–Trinajstić information content (AvgIpc) is 2.65. The zero-order chi connectivity index (χ0) is 17.9. The smallest absolute Gasteiger partial charge is 0.284 e. The van der Waals surface area contributed by atoms with Gasteiger partial charge in [0.25, 0.3) is 15.9 Å². The minimum atomic E-state index is -3.90. The Hall–Kier alpha value is -2.97. The van der Waals surface area contributed by atoms with Crippen molar-refractivity contribution in [3.05, 3.63) is 66.4 Å². The number of methoxy groups -OCH3 is 1. The summed E-state index contributed by atoms with van der Waals surface area (Å²) in [5.74, 6) is -0.119. The molecule has 1 amide bonds. The molecule has 25 heavy (non-hydrogen) atoms. The van der Waals surface area contributed by atoms with E-state index in [0.29, 0.717) is 11.3 Å². The molecule has 0 bridgehead atoms. The molecule has 2 aromatic carbocycles. The molecular weight excluding hydrogens is 342 g/mol. The van der Waals surface area contributed by atoms with Crippen LogP contribution in [0.15, 0.2) is 65.6 Å². The van der Waals surface area contributed by atoms with E-state index in [1.165, 1.54) is 37.4 Å². The van der Waals surface area contributed by atoms with Crippen LogP contribution in [0.5, 0.6) is 5.75 Å². The number of carbonyl (C=O) groups excluding carboxylic acids is 1. The molecule has 0 saturated carbocycles. The molecular formula is C17H15N3O4S. The van der Waals surface area contributed by atoms with Crippen LogP contribution < -0.4 is 15.0 Å². The minimum absolute atomic E-state index is 0.0000654. The van der Waals surface area contributed by atoms with Gasteiger partial charge in [-0.25, -0.2) is 13.4 Å². The lowest BCUT2D eigenvalue weighted by molar-refractivity contribution is 0.0940. The van der Waals surface area contributed by atoms with Crippen molar-refractivity contribution in [1.29, 1.82) is 0 Å². The summed E-state index contributed by atoms with van der Waals surface area (Å²) in [5, 5.41) is 0.887. The second-order valence-electron chi connectivity index (χ2n) is 5.12. The van der Waals surface area contributed by atoms with Crippen LogP contribution in [0, 0.1) is 0 Å². The standard InChI is InChI=1S/C17H15N3O4S/c1-24-13-7-9-14(10-8-13)25(22,23)20-19-17(21)16-11-6-12-4-2-3-5-15(12)18-16/h2-11,20H,1H3,(H,19,21). The van der Waals surface area contributed by atoms with Crippen molar-refractivity contribution in [3.8, 4) is 5.75 Å². The second-order valence-corrected chi connectivity index (χ2v) is 6.81. The third-order valence-corrected chi connectivity index (χ3v) is 4.76. The largest absolute Gasteiger partial charge is 0.497 e. The van der Waals surface area contributed by atoms with Gasteiger partial charge in [0.15, 0.2) is 0 Å². The molecule has 0 aliphatic rings. The maximum absolute atomic E-state index is 12.2.